The zero-order chi connectivity index (χ0) is 17.8. The van der Waals surface area contributed by atoms with Crippen molar-refractivity contribution in [2.45, 2.75) is 24.7 Å². The number of rotatable bonds is 3. The molecule has 0 fully saturated rings. The van der Waals surface area contributed by atoms with Crippen LogP contribution in [0.15, 0.2) is 53.4 Å². The minimum atomic E-state index is -10.7. The summed E-state index contributed by atoms with van der Waals surface area (Å²) in [6.07, 6.45) is 2.21. The summed E-state index contributed by atoms with van der Waals surface area (Å²) in [6, 6.07) is 17.1. The van der Waals surface area contributed by atoms with Gasteiger partial charge in [0.05, 0.1) is 0 Å². The van der Waals surface area contributed by atoms with E-state index in [1.165, 1.54) is 21.6 Å². The second-order valence-electron chi connectivity index (χ2n) is 5.03. The van der Waals surface area contributed by atoms with Crippen molar-refractivity contribution in [2.24, 2.45) is 0 Å². The standard InChI is InChI=1S/C15H16S.F6P/c1-12-14(8-5-9-15(12)16)11-10-13-6-3-2-4-7-13;1-7(2,3,4,5)6/h2-9,16H,10-11H2,1H3;/q;-1/p+1. The van der Waals surface area contributed by atoms with Crippen LogP contribution in [0.25, 0.3) is 0 Å². The number of benzene rings is 2. The molecule has 0 heterocycles. The van der Waals surface area contributed by atoms with Gasteiger partial charge < -0.3 is 0 Å². The summed E-state index contributed by atoms with van der Waals surface area (Å²) in [5, 5.41) is 0. The van der Waals surface area contributed by atoms with Crippen molar-refractivity contribution >= 4 is 20.4 Å². The van der Waals surface area contributed by atoms with Crippen molar-refractivity contribution in [1.82, 2.24) is 0 Å². The van der Waals surface area contributed by atoms with Crippen LogP contribution in [0.4, 0.5) is 25.2 Å². The molecule has 0 spiro atoms. The Kier molecular flexibility index (Phi) is 5.49. The van der Waals surface area contributed by atoms with Gasteiger partial charge >= 0.3 is 33.0 Å². The van der Waals surface area contributed by atoms with Crippen LogP contribution in [-0.2, 0) is 25.5 Å². The van der Waals surface area contributed by atoms with Gasteiger partial charge in [-0.25, -0.2) is 0 Å². The van der Waals surface area contributed by atoms with Crippen LogP contribution in [0, 0.1) is 6.92 Å². The molecule has 2 aromatic rings. The van der Waals surface area contributed by atoms with E-state index in [1.807, 2.05) is 0 Å². The van der Waals surface area contributed by atoms with Gasteiger partial charge in [0.2, 0.25) is 0 Å². The molecule has 0 N–H and O–H groups in total. The van der Waals surface area contributed by atoms with E-state index in [-0.39, 0.29) is 0 Å². The molecule has 8 heteroatoms. The zero-order valence-electron chi connectivity index (χ0n) is 12.2. The van der Waals surface area contributed by atoms with Gasteiger partial charge in [0.1, 0.15) is 0 Å². The number of halogens is 6. The van der Waals surface area contributed by atoms with Crippen molar-refractivity contribution in [3.63, 3.8) is 0 Å². The Morgan fingerprint density at radius 2 is 1.30 bits per heavy atom. The maximum absolute atomic E-state index is 10.7. The molecule has 0 aliphatic rings. The average Bonchev–Trinajstić information content (AvgIpc) is 2.38. The molecule has 0 aromatic heterocycles. The van der Waals surface area contributed by atoms with Gasteiger partial charge in [-0.1, -0.05) is 42.5 Å². The Morgan fingerprint density at radius 1 is 0.783 bits per heavy atom. The second kappa shape index (κ2) is 6.36. The molecule has 2 aromatic carbocycles. The molecule has 0 amide bonds. The second-order valence-corrected chi connectivity index (χ2v) is 7.49. The SMILES string of the molecule is Cc1c([SH2+])cccc1CCc1ccccc1.F[P-](F)(F)(F)(F)F. The first-order valence-electron chi connectivity index (χ1n) is 6.63. The van der Waals surface area contributed by atoms with Gasteiger partial charge in [0.15, 0.2) is 4.90 Å². The molecule has 0 aliphatic carbocycles. The molecule has 0 unspecified atom stereocenters. The molecular weight excluding hydrogens is 357 g/mol. The Balaban J connectivity index is 0.000000322. The van der Waals surface area contributed by atoms with E-state index in [0.717, 1.165) is 12.8 Å². The van der Waals surface area contributed by atoms with E-state index in [0.29, 0.717) is 0 Å². The molecule has 0 aliphatic heterocycles. The zero-order valence-corrected chi connectivity index (χ0v) is 14.1. The molecule has 0 saturated heterocycles. The van der Waals surface area contributed by atoms with Crippen LogP contribution in [0.5, 0.6) is 0 Å². The first-order chi connectivity index (χ1) is 10.2. The summed E-state index contributed by atoms with van der Waals surface area (Å²) >= 11 is 3.62. The molecular formula is C15H17F6PS. The van der Waals surface area contributed by atoms with Gasteiger partial charge in [0, 0.05) is 5.56 Å². The summed E-state index contributed by atoms with van der Waals surface area (Å²) in [7, 11) is -10.7. The fraction of sp³-hybridized carbons (Fsp3) is 0.200. The van der Waals surface area contributed by atoms with E-state index in [2.05, 4.69) is 68.1 Å². The van der Waals surface area contributed by atoms with Crippen molar-refractivity contribution in [3.05, 3.63) is 65.2 Å². The van der Waals surface area contributed by atoms with E-state index < -0.39 is 7.81 Å². The normalized spacial score (nSPS) is 14.3. The van der Waals surface area contributed by atoms with Crippen molar-refractivity contribution in [2.75, 3.05) is 0 Å². The first kappa shape index (κ1) is 19.8. The van der Waals surface area contributed by atoms with Crippen molar-refractivity contribution in [3.8, 4) is 0 Å². The number of hydrogen-bond acceptors (Lipinski definition) is 0. The third-order valence-electron chi connectivity index (χ3n) is 2.97. The van der Waals surface area contributed by atoms with E-state index in [1.54, 1.807) is 0 Å². The fourth-order valence-electron chi connectivity index (χ4n) is 1.88. The summed E-state index contributed by atoms with van der Waals surface area (Å²) in [4.78, 5) is 1.20. The summed E-state index contributed by atoms with van der Waals surface area (Å²) < 4.78 is 59.2. The number of aryl methyl sites for hydroxylation is 2. The minimum absolute atomic E-state index is 1.11. The average molecular weight is 374 g/mol. The molecule has 2 rings (SSSR count). The van der Waals surface area contributed by atoms with Gasteiger partial charge in [-0.2, -0.15) is 0 Å². The number of hydrogen-bond donors (Lipinski definition) is 0. The Hall–Kier alpha value is -1.20. The monoisotopic (exact) mass is 374 g/mol. The van der Waals surface area contributed by atoms with Gasteiger partial charge in [-0.05, 0) is 49.6 Å². The van der Waals surface area contributed by atoms with E-state index >= 15 is 0 Å². The summed E-state index contributed by atoms with van der Waals surface area (Å²) in [6.45, 7) is 2.17. The molecule has 0 atom stereocenters. The van der Waals surface area contributed by atoms with Gasteiger partial charge in [0.25, 0.3) is 0 Å². The molecule has 0 saturated carbocycles. The Morgan fingerprint density at radius 3 is 1.83 bits per heavy atom. The summed E-state index contributed by atoms with van der Waals surface area (Å²) in [5.74, 6) is 0. The molecule has 0 bridgehead atoms. The van der Waals surface area contributed by atoms with Gasteiger partial charge in [-0.3, -0.25) is 0 Å². The van der Waals surface area contributed by atoms with Crippen LogP contribution < -0.4 is 0 Å². The third kappa shape index (κ3) is 11.0. The fourth-order valence-corrected chi connectivity index (χ4v) is 2.13. The Bertz CT molecular complexity index is 641. The molecule has 130 valence electrons. The Labute approximate surface area is 136 Å². The first-order valence-corrected chi connectivity index (χ1v) is 9.15. The van der Waals surface area contributed by atoms with Crippen LogP contribution in [0.1, 0.15) is 16.7 Å². The van der Waals surface area contributed by atoms with Crippen LogP contribution in [-0.4, -0.2) is 0 Å². The van der Waals surface area contributed by atoms with Gasteiger partial charge in [-0.15, -0.1) is 0 Å². The van der Waals surface area contributed by atoms with Crippen LogP contribution in [0.3, 0.4) is 0 Å². The molecule has 0 radical (unpaired) electrons. The van der Waals surface area contributed by atoms with Crippen LogP contribution >= 0.6 is 7.81 Å². The molecule has 0 nitrogen and oxygen atoms in total. The quantitative estimate of drug-likeness (QED) is 0.325. The summed E-state index contributed by atoms with van der Waals surface area (Å²) in [5.41, 5.74) is 4.19. The maximum atomic E-state index is 9.87. The van der Waals surface area contributed by atoms with Crippen LogP contribution in [0.2, 0.25) is 0 Å². The predicted molar refractivity (Wildman–Crippen MR) is 87.0 cm³/mol. The van der Waals surface area contributed by atoms with Crippen molar-refractivity contribution in [1.29, 1.82) is 0 Å². The topological polar surface area (TPSA) is 0 Å². The van der Waals surface area contributed by atoms with E-state index in [4.69, 9.17) is 0 Å². The predicted octanol–water partition coefficient (Wildman–Crippen LogP) is 6.53. The van der Waals surface area contributed by atoms with E-state index in [9.17, 15) is 25.2 Å². The molecule has 23 heavy (non-hydrogen) atoms. The van der Waals surface area contributed by atoms with Crippen molar-refractivity contribution < 1.29 is 25.2 Å². The third-order valence-corrected chi connectivity index (χ3v) is 3.51.